The first-order valence-electron chi connectivity index (χ1n) is 8.13. The van der Waals surface area contributed by atoms with E-state index in [1.54, 1.807) is 6.20 Å². The zero-order valence-electron chi connectivity index (χ0n) is 14.5. The van der Waals surface area contributed by atoms with Gasteiger partial charge in [0.15, 0.2) is 6.04 Å². The van der Waals surface area contributed by atoms with Crippen LogP contribution in [0.15, 0.2) is 53.7 Å². The predicted octanol–water partition coefficient (Wildman–Crippen LogP) is 2.98. The third kappa shape index (κ3) is 3.95. The van der Waals surface area contributed by atoms with Crippen LogP contribution in [0.25, 0.3) is 10.9 Å². The second-order valence-corrected chi connectivity index (χ2v) is 5.88. The number of methoxy groups -OCH3 is 1. The Hall–Kier alpha value is -3.68. The number of hydrogen-bond acceptors (Lipinski definition) is 6. The Labute approximate surface area is 154 Å². The first-order valence-corrected chi connectivity index (χ1v) is 8.13. The molecular weight excluding hydrogens is 350 g/mol. The molecule has 3 rings (SSSR count). The van der Waals surface area contributed by atoms with Crippen LogP contribution in [0.5, 0.6) is 5.75 Å². The molecule has 0 saturated carbocycles. The van der Waals surface area contributed by atoms with Gasteiger partial charge in [-0.15, -0.1) is 0 Å². The number of esters is 1. The van der Waals surface area contributed by atoms with Gasteiger partial charge in [0, 0.05) is 47.4 Å². The van der Waals surface area contributed by atoms with Crippen LogP contribution in [0.3, 0.4) is 0 Å². The normalized spacial score (nSPS) is 12.3. The quantitative estimate of drug-likeness (QED) is 0.300. The van der Waals surface area contributed by atoms with Gasteiger partial charge in [-0.05, 0) is 17.7 Å². The average molecular weight is 367 g/mol. The lowest BCUT2D eigenvalue weighted by Crippen LogP contribution is -2.23. The maximum atomic E-state index is 12.1. The Kier molecular flexibility index (Phi) is 5.16. The SMILES string of the molecule is COC(=O)[C@@H](Cc1c[nH]c2ccccc12)N=Cc1cc([N+](=O)[O-])ccc1O. The van der Waals surface area contributed by atoms with E-state index in [0.717, 1.165) is 16.5 Å². The van der Waals surface area contributed by atoms with Gasteiger partial charge in [-0.2, -0.15) is 0 Å². The van der Waals surface area contributed by atoms with Gasteiger partial charge in [0.05, 0.1) is 12.0 Å². The Bertz CT molecular complexity index is 1030. The summed E-state index contributed by atoms with van der Waals surface area (Å²) in [4.78, 5) is 29.8. The van der Waals surface area contributed by atoms with Crippen LogP contribution in [0.1, 0.15) is 11.1 Å². The van der Waals surface area contributed by atoms with Crippen LogP contribution in [-0.4, -0.2) is 40.3 Å². The fourth-order valence-corrected chi connectivity index (χ4v) is 2.77. The van der Waals surface area contributed by atoms with Gasteiger partial charge in [-0.25, -0.2) is 4.79 Å². The maximum Gasteiger partial charge on any atom is 0.330 e. The number of ether oxygens (including phenoxy) is 1. The van der Waals surface area contributed by atoms with E-state index in [1.165, 1.54) is 31.5 Å². The number of nitro benzene ring substituents is 1. The van der Waals surface area contributed by atoms with E-state index in [-0.39, 0.29) is 23.4 Å². The molecule has 8 nitrogen and oxygen atoms in total. The van der Waals surface area contributed by atoms with Crippen LogP contribution < -0.4 is 0 Å². The van der Waals surface area contributed by atoms with Gasteiger partial charge in [0.2, 0.25) is 0 Å². The Morgan fingerprint density at radius 2 is 2.15 bits per heavy atom. The number of aromatic hydroxyl groups is 1. The van der Waals surface area contributed by atoms with Crippen LogP contribution in [0, 0.1) is 10.1 Å². The number of non-ortho nitro benzene ring substituents is 1. The highest BCUT2D eigenvalue weighted by Crippen LogP contribution is 2.23. The third-order valence-electron chi connectivity index (χ3n) is 4.18. The predicted molar refractivity (Wildman–Crippen MR) is 100 cm³/mol. The second kappa shape index (κ2) is 7.69. The summed E-state index contributed by atoms with van der Waals surface area (Å²) in [6, 6.07) is 10.4. The lowest BCUT2D eigenvalue weighted by atomic mass is 10.1. The molecule has 27 heavy (non-hydrogen) atoms. The molecule has 0 aliphatic carbocycles. The van der Waals surface area contributed by atoms with Gasteiger partial charge < -0.3 is 14.8 Å². The molecule has 1 atom stereocenters. The summed E-state index contributed by atoms with van der Waals surface area (Å²) >= 11 is 0. The van der Waals surface area contributed by atoms with Crippen molar-refractivity contribution < 1.29 is 19.6 Å². The van der Waals surface area contributed by atoms with Gasteiger partial charge in [-0.1, -0.05) is 18.2 Å². The van der Waals surface area contributed by atoms with Crippen molar-refractivity contribution >= 4 is 28.8 Å². The molecular formula is C19H17N3O5. The number of phenols is 1. The highest BCUT2D eigenvalue weighted by Gasteiger charge is 2.20. The van der Waals surface area contributed by atoms with Crippen LogP contribution in [0.2, 0.25) is 0 Å². The van der Waals surface area contributed by atoms with Crippen LogP contribution >= 0.6 is 0 Å². The second-order valence-electron chi connectivity index (χ2n) is 5.88. The Balaban J connectivity index is 1.90. The number of aromatic nitrogens is 1. The number of phenolic OH excluding ortho intramolecular Hbond substituents is 1. The topological polar surface area (TPSA) is 118 Å². The number of aliphatic imine (C=N–C) groups is 1. The van der Waals surface area contributed by atoms with Crippen LogP contribution in [-0.2, 0) is 16.0 Å². The lowest BCUT2D eigenvalue weighted by Gasteiger charge is -2.10. The Morgan fingerprint density at radius 3 is 2.89 bits per heavy atom. The molecule has 0 amide bonds. The van der Waals surface area contributed by atoms with Crippen molar-refractivity contribution in [3.05, 3.63) is 69.9 Å². The highest BCUT2D eigenvalue weighted by molar-refractivity contribution is 5.88. The first-order chi connectivity index (χ1) is 13.0. The molecule has 0 radical (unpaired) electrons. The summed E-state index contributed by atoms with van der Waals surface area (Å²) in [6.45, 7) is 0. The number of aromatic amines is 1. The van der Waals surface area contributed by atoms with Crippen molar-refractivity contribution in [2.75, 3.05) is 7.11 Å². The molecule has 2 aromatic carbocycles. The number of H-pyrrole nitrogens is 1. The van der Waals surface area contributed by atoms with E-state index in [9.17, 15) is 20.0 Å². The maximum absolute atomic E-state index is 12.1. The number of fused-ring (bicyclic) bond motifs is 1. The molecule has 0 saturated heterocycles. The molecule has 0 unspecified atom stereocenters. The number of para-hydroxylation sites is 1. The fraction of sp³-hybridized carbons (Fsp3) is 0.158. The molecule has 1 heterocycles. The highest BCUT2D eigenvalue weighted by atomic mass is 16.6. The standard InChI is InChI=1S/C19H17N3O5/c1-27-19(24)17(9-12-10-20-16-5-3-2-4-15(12)16)21-11-13-8-14(22(25)26)6-7-18(13)23/h2-8,10-11,17,20,23H,9H2,1H3/t17-/m1/s1. The minimum Gasteiger partial charge on any atom is -0.507 e. The number of nitrogens with one attached hydrogen (secondary N) is 1. The number of hydrogen-bond donors (Lipinski definition) is 2. The van der Waals surface area contributed by atoms with Crippen molar-refractivity contribution in [2.24, 2.45) is 4.99 Å². The van der Waals surface area contributed by atoms with E-state index in [0.29, 0.717) is 0 Å². The zero-order valence-corrected chi connectivity index (χ0v) is 14.5. The summed E-state index contributed by atoms with van der Waals surface area (Å²) < 4.78 is 4.82. The molecule has 0 aliphatic heterocycles. The van der Waals surface area contributed by atoms with Crippen LogP contribution in [0.4, 0.5) is 5.69 Å². The zero-order chi connectivity index (χ0) is 19.4. The molecule has 138 valence electrons. The largest absolute Gasteiger partial charge is 0.507 e. The molecule has 2 N–H and O–H groups in total. The summed E-state index contributed by atoms with van der Waals surface area (Å²) in [5, 5.41) is 21.8. The number of carbonyl (C=O) groups is 1. The molecule has 0 aliphatic rings. The molecule has 3 aromatic rings. The molecule has 8 heteroatoms. The summed E-state index contributed by atoms with van der Waals surface area (Å²) in [5.41, 5.74) is 1.80. The van der Waals surface area contributed by atoms with Crippen molar-refractivity contribution in [3.63, 3.8) is 0 Å². The summed E-state index contributed by atoms with van der Waals surface area (Å²) in [5.74, 6) is -0.707. The Morgan fingerprint density at radius 1 is 1.37 bits per heavy atom. The molecule has 0 fully saturated rings. The smallest absolute Gasteiger partial charge is 0.330 e. The van der Waals surface area contributed by atoms with Gasteiger partial charge in [-0.3, -0.25) is 15.1 Å². The minimum atomic E-state index is -0.854. The van der Waals surface area contributed by atoms with Gasteiger partial charge >= 0.3 is 5.97 Å². The summed E-state index contributed by atoms with van der Waals surface area (Å²) in [7, 11) is 1.27. The number of carbonyl (C=O) groups excluding carboxylic acids is 1. The van der Waals surface area contributed by atoms with Gasteiger partial charge in [0.25, 0.3) is 5.69 Å². The monoisotopic (exact) mass is 367 g/mol. The number of benzene rings is 2. The van der Waals surface area contributed by atoms with E-state index in [2.05, 4.69) is 9.98 Å². The minimum absolute atomic E-state index is 0.150. The van der Waals surface area contributed by atoms with E-state index in [4.69, 9.17) is 4.74 Å². The first kappa shape index (κ1) is 18.1. The lowest BCUT2D eigenvalue weighted by molar-refractivity contribution is -0.384. The van der Waals surface area contributed by atoms with Crippen molar-refractivity contribution in [1.29, 1.82) is 0 Å². The van der Waals surface area contributed by atoms with Gasteiger partial charge in [0.1, 0.15) is 5.75 Å². The fourth-order valence-electron chi connectivity index (χ4n) is 2.77. The summed E-state index contributed by atoms with van der Waals surface area (Å²) in [6.07, 6.45) is 3.34. The number of nitro groups is 1. The van der Waals surface area contributed by atoms with Crippen molar-refractivity contribution in [1.82, 2.24) is 4.98 Å². The van der Waals surface area contributed by atoms with E-state index in [1.807, 2.05) is 24.3 Å². The van der Waals surface area contributed by atoms with E-state index >= 15 is 0 Å². The average Bonchev–Trinajstić information content (AvgIpc) is 3.08. The van der Waals surface area contributed by atoms with Crippen molar-refractivity contribution in [2.45, 2.75) is 12.5 Å². The molecule has 0 spiro atoms. The third-order valence-corrected chi connectivity index (χ3v) is 4.18. The number of rotatable bonds is 6. The van der Waals surface area contributed by atoms with Crippen molar-refractivity contribution in [3.8, 4) is 5.75 Å². The van der Waals surface area contributed by atoms with E-state index < -0.39 is 16.9 Å². The molecule has 0 bridgehead atoms. The molecule has 1 aromatic heterocycles. The number of nitrogens with zero attached hydrogens (tertiary/aromatic N) is 2.